The summed E-state index contributed by atoms with van der Waals surface area (Å²) in [5, 5.41) is 0. The molecule has 0 unspecified atom stereocenters. The first-order valence-corrected chi connectivity index (χ1v) is 12.0. The van der Waals surface area contributed by atoms with Gasteiger partial charge < -0.3 is 4.74 Å². The van der Waals surface area contributed by atoms with Crippen LogP contribution in [0.3, 0.4) is 0 Å². The zero-order chi connectivity index (χ0) is 18.3. The molecule has 0 aromatic heterocycles. The highest BCUT2D eigenvalue weighted by molar-refractivity contribution is 6.17. The van der Waals surface area contributed by atoms with E-state index in [1.54, 1.807) is 0 Å². The van der Waals surface area contributed by atoms with Gasteiger partial charge in [-0.05, 0) is 100 Å². The summed E-state index contributed by atoms with van der Waals surface area (Å²) in [5.41, 5.74) is 1.16. The number of halogens is 2. The molecule has 2 bridgehead atoms. The van der Waals surface area contributed by atoms with Crippen molar-refractivity contribution in [3.05, 3.63) is 0 Å². The average Bonchev–Trinajstić information content (AvgIpc) is 2.69. The SMILES string of the molecule is FCCCC[C@H]1CC[C@H](OCC23CCC(CCCCCl)(CC2)CC3)CC1. The van der Waals surface area contributed by atoms with E-state index in [4.69, 9.17) is 16.3 Å². The van der Waals surface area contributed by atoms with Crippen molar-refractivity contribution in [3.8, 4) is 0 Å². The summed E-state index contributed by atoms with van der Waals surface area (Å²) in [7, 11) is 0. The van der Waals surface area contributed by atoms with Crippen LogP contribution >= 0.6 is 11.6 Å². The second-order valence-corrected chi connectivity index (χ2v) is 10.2. The molecule has 26 heavy (non-hydrogen) atoms. The van der Waals surface area contributed by atoms with E-state index >= 15 is 0 Å². The number of fused-ring (bicyclic) bond motifs is 3. The van der Waals surface area contributed by atoms with Crippen molar-refractivity contribution in [3.63, 3.8) is 0 Å². The van der Waals surface area contributed by atoms with E-state index in [2.05, 4.69) is 0 Å². The highest BCUT2D eigenvalue weighted by Crippen LogP contribution is 2.59. The molecule has 4 fully saturated rings. The fourth-order valence-electron chi connectivity index (χ4n) is 5.94. The predicted molar refractivity (Wildman–Crippen MR) is 109 cm³/mol. The lowest BCUT2D eigenvalue weighted by molar-refractivity contribution is -0.0949. The molecule has 1 nitrogen and oxygen atoms in total. The quantitative estimate of drug-likeness (QED) is 0.264. The van der Waals surface area contributed by atoms with Crippen LogP contribution in [0.1, 0.15) is 103 Å². The van der Waals surface area contributed by atoms with Crippen LogP contribution in [-0.4, -0.2) is 25.3 Å². The fourth-order valence-corrected chi connectivity index (χ4v) is 6.13. The molecule has 0 radical (unpaired) electrons. The lowest BCUT2D eigenvalue weighted by atomic mass is 9.53. The van der Waals surface area contributed by atoms with Crippen LogP contribution in [0.4, 0.5) is 4.39 Å². The lowest BCUT2D eigenvalue weighted by Gasteiger charge is -2.54. The van der Waals surface area contributed by atoms with Crippen molar-refractivity contribution in [2.24, 2.45) is 16.7 Å². The van der Waals surface area contributed by atoms with Gasteiger partial charge in [-0.2, -0.15) is 0 Å². The van der Waals surface area contributed by atoms with Gasteiger partial charge >= 0.3 is 0 Å². The van der Waals surface area contributed by atoms with Gasteiger partial charge in [-0.1, -0.05) is 19.3 Å². The van der Waals surface area contributed by atoms with Crippen LogP contribution in [0.5, 0.6) is 0 Å². The second-order valence-electron chi connectivity index (χ2n) is 9.78. The van der Waals surface area contributed by atoms with Gasteiger partial charge in [0, 0.05) is 5.88 Å². The molecule has 4 saturated carbocycles. The molecule has 152 valence electrons. The van der Waals surface area contributed by atoms with Crippen molar-refractivity contribution in [2.45, 2.75) is 109 Å². The molecule has 4 rings (SSSR count). The minimum atomic E-state index is -0.144. The normalized spacial score (nSPS) is 37.2. The van der Waals surface area contributed by atoms with Crippen molar-refractivity contribution in [1.82, 2.24) is 0 Å². The third kappa shape index (κ3) is 5.60. The molecule has 4 aliphatic rings. The van der Waals surface area contributed by atoms with Gasteiger partial charge in [0.2, 0.25) is 0 Å². The standard InChI is InChI=1S/C23H40ClFO/c24-17-3-2-10-22-11-14-23(15-12-22,16-13-22)19-26-21-8-6-20(7-9-21)5-1-4-18-25/h20-21H,1-19H2/t20-,21-,22?,23?. The van der Waals surface area contributed by atoms with Gasteiger partial charge in [0.25, 0.3) is 0 Å². The Kier molecular flexibility index (Phi) is 8.12. The van der Waals surface area contributed by atoms with Gasteiger partial charge in [0.1, 0.15) is 0 Å². The second kappa shape index (κ2) is 10.1. The van der Waals surface area contributed by atoms with E-state index in [-0.39, 0.29) is 6.67 Å². The summed E-state index contributed by atoms with van der Waals surface area (Å²) in [6.45, 7) is 0.872. The Bertz CT molecular complexity index is 380. The summed E-state index contributed by atoms with van der Waals surface area (Å²) >= 11 is 5.86. The molecule has 0 N–H and O–H groups in total. The van der Waals surface area contributed by atoms with Crippen LogP contribution < -0.4 is 0 Å². The predicted octanol–water partition coefficient (Wildman–Crippen LogP) is 7.45. The Morgan fingerprint density at radius 2 is 1.46 bits per heavy atom. The number of ether oxygens (including phenoxy) is 1. The summed E-state index contributed by atoms with van der Waals surface area (Å²) in [4.78, 5) is 0. The third-order valence-corrected chi connectivity index (χ3v) is 8.33. The van der Waals surface area contributed by atoms with Crippen LogP contribution in [0.25, 0.3) is 0 Å². The van der Waals surface area contributed by atoms with E-state index in [9.17, 15) is 4.39 Å². The Morgan fingerprint density at radius 3 is 2.08 bits per heavy atom. The first kappa shape index (κ1) is 20.9. The summed E-state index contributed by atoms with van der Waals surface area (Å²) in [6, 6.07) is 0. The van der Waals surface area contributed by atoms with Gasteiger partial charge in [0.15, 0.2) is 0 Å². The number of hydrogen-bond donors (Lipinski definition) is 0. The van der Waals surface area contributed by atoms with Gasteiger partial charge in [-0.3, -0.25) is 4.39 Å². The van der Waals surface area contributed by atoms with Crippen LogP contribution in [0.2, 0.25) is 0 Å². The van der Waals surface area contributed by atoms with Gasteiger partial charge in [-0.15, -0.1) is 11.6 Å². The van der Waals surface area contributed by atoms with E-state index in [1.165, 1.54) is 89.9 Å². The Labute approximate surface area is 165 Å². The van der Waals surface area contributed by atoms with Gasteiger partial charge in [-0.25, -0.2) is 0 Å². The van der Waals surface area contributed by atoms with Crippen molar-refractivity contribution < 1.29 is 9.13 Å². The van der Waals surface area contributed by atoms with E-state index in [0.29, 0.717) is 16.9 Å². The number of alkyl halides is 2. The van der Waals surface area contributed by atoms with Crippen LogP contribution in [-0.2, 0) is 4.74 Å². The molecule has 0 spiro atoms. The summed E-state index contributed by atoms with van der Waals surface area (Å²) in [6.07, 6.45) is 21.0. The highest BCUT2D eigenvalue weighted by atomic mass is 35.5. The first-order valence-electron chi connectivity index (χ1n) is 11.4. The fraction of sp³-hybridized carbons (Fsp3) is 1.00. The van der Waals surface area contributed by atoms with Crippen LogP contribution in [0, 0.1) is 16.7 Å². The molecule has 0 atom stereocenters. The first-order chi connectivity index (χ1) is 12.7. The Hall–Kier alpha value is 0.180. The number of hydrogen-bond acceptors (Lipinski definition) is 1. The summed E-state index contributed by atoms with van der Waals surface area (Å²) in [5.74, 6) is 1.66. The smallest absolute Gasteiger partial charge is 0.0894 e. The molecular formula is C23H40ClFO. The lowest BCUT2D eigenvalue weighted by Crippen LogP contribution is -2.44. The Balaban J connectivity index is 1.34. The highest BCUT2D eigenvalue weighted by Gasteiger charge is 2.48. The molecule has 0 heterocycles. The molecular weight excluding hydrogens is 347 g/mol. The summed E-state index contributed by atoms with van der Waals surface area (Å²) < 4.78 is 18.7. The maximum absolute atomic E-state index is 12.2. The molecule has 3 heteroatoms. The van der Waals surface area contributed by atoms with Crippen molar-refractivity contribution >= 4 is 11.6 Å². The van der Waals surface area contributed by atoms with Gasteiger partial charge in [0.05, 0.1) is 19.4 Å². The molecule has 0 aromatic rings. The molecule has 4 aliphatic carbocycles. The molecule has 0 aromatic carbocycles. The molecule has 0 amide bonds. The van der Waals surface area contributed by atoms with E-state index in [1.807, 2.05) is 0 Å². The molecule has 0 aliphatic heterocycles. The van der Waals surface area contributed by atoms with Crippen molar-refractivity contribution in [2.75, 3.05) is 19.2 Å². The zero-order valence-corrected chi connectivity index (χ0v) is 17.5. The molecule has 0 saturated heterocycles. The zero-order valence-electron chi connectivity index (χ0n) is 16.8. The minimum Gasteiger partial charge on any atom is -0.378 e. The van der Waals surface area contributed by atoms with Crippen molar-refractivity contribution in [1.29, 1.82) is 0 Å². The average molecular weight is 387 g/mol. The Morgan fingerprint density at radius 1 is 0.808 bits per heavy atom. The monoisotopic (exact) mass is 386 g/mol. The minimum absolute atomic E-state index is 0.144. The largest absolute Gasteiger partial charge is 0.378 e. The number of unbranched alkanes of at least 4 members (excludes halogenated alkanes) is 2. The third-order valence-electron chi connectivity index (χ3n) is 8.06. The van der Waals surface area contributed by atoms with E-state index < -0.39 is 0 Å². The number of rotatable bonds is 11. The van der Waals surface area contributed by atoms with Crippen LogP contribution in [0.15, 0.2) is 0 Å². The maximum Gasteiger partial charge on any atom is 0.0894 e. The topological polar surface area (TPSA) is 9.23 Å². The van der Waals surface area contributed by atoms with E-state index in [0.717, 1.165) is 31.2 Å². The maximum atomic E-state index is 12.2.